The molecule has 86 valence electrons. The first-order valence-corrected chi connectivity index (χ1v) is 5.73. The maximum atomic E-state index is 5.64. The summed E-state index contributed by atoms with van der Waals surface area (Å²) in [6, 6.07) is 8.31. The SMILES string of the molecule is CCc1ccccc1C(NN)C1=CCCO1. The molecule has 0 spiro atoms. The number of nitrogens with one attached hydrogen (secondary N) is 1. The minimum atomic E-state index is -0.0151. The van der Waals surface area contributed by atoms with Gasteiger partial charge in [0, 0.05) is 6.42 Å². The summed E-state index contributed by atoms with van der Waals surface area (Å²) >= 11 is 0. The van der Waals surface area contributed by atoms with Crippen LogP contribution in [0.2, 0.25) is 0 Å². The molecule has 0 aliphatic carbocycles. The Bertz CT molecular complexity index is 387. The Morgan fingerprint density at radius 2 is 2.25 bits per heavy atom. The summed E-state index contributed by atoms with van der Waals surface area (Å²) in [4.78, 5) is 0. The maximum absolute atomic E-state index is 5.64. The Kier molecular flexibility index (Phi) is 3.59. The molecule has 1 aromatic rings. The topological polar surface area (TPSA) is 47.3 Å². The highest BCUT2D eigenvalue weighted by Crippen LogP contribution is 2.28. The maximum Gasteiger partial charge on any atom is 0.115 e. The Balaban J connectivity index is 2.32. The first-order chi connectivity index (χ1) is 7.86. The quantitative estimate of drug-likeness (QED) is 0.600. The smallest absolute Gasteiger partial charge is 0.115 e. The van der Waals surface area contributed by atoms with E-state index in [0.717, 1.165) is 25.2 Å². The largest absolute Gasteiger partial charge is 0.496 e. The molecule has 0 saturated heterocycles. The molecule has 1 aromatic carbocycles. The summed E-state index contributed by atoms with van der Waals surface area (Å²) in [6.07, 6.45) is 4.08. The number of rotatable bonds is 4. The van der Waals surface area contributed by atoms with Crippen molar-refractivity contribution in [2.45, 2.75) is 25.8 Å². The van der Waals surface area contributed by atoms with E-state index in [9.17, 15) is 0 Å². The first-order valence-electron chi connectivity index (χ1n) is 5.73. The zero-order valence-electron chi connectivity index (χ0n) is 9.57. The van der Waals surface area contributed by atoms with Crippen LogP contribution in [0, 0.1) is 0 Å². The van der Waals surface area contributed by atoms with Crippen LogP contribution in [0.3, 0.4) is 0 Å². The van der Waals surface area contributed by atoms with E-state index in [0.29, 0.717) is 0 Å². The summed E-state index contributed by atoms with van der Waals surface area (Å²) in [6.45, 7) is 2.91. The molecular formula is C13H18N2O. The number of ether oxygens (including phenoxy) is 1. The molecule has 3 nitrogen and oxygen atoms in total. The fraction of sp³-hybridized carbons (Fsp3) is 0.385. The van der Waals surface area contributed by atoms with E-state index in [4.69, 9.17) is 10.6 Å². The summed E-state index contributed by atoms with van der Waals surface area (Å²) < 4.78 is 5.58. The van der Waals surface area contributed by atoms with Gasteiger partial charge in [0.25, 0.3) is 0 Å². The van der Waals surface area contributed by atoms with Gasteiger partial charge in [0.15, 0.2) is 0 Å². The second-order valence-electron chi connectivity index (χ2n) is 3.90. The third-order valence-electron chi connectivity index (χ3n) is 2.93. The van der Waals surface area contributed by atoms with Gasteiger partial charge in [-0.05, 0) is 23.6 Å². The fourth-order valence-corrected chi connectivity index (χ4v) is 2.10. The molecule has 1 unspecified atom stereocenters. The Morgan fingerprint density at radius 1 is 1.44 bits per heavy atom. The van der Waals surface area contributed by atoms with Gasteiger partial charge in [0.05, 0.1) is 6.61 Å². The van der Waals surface area contributed by atoms with Crippen LogP contribution < -0.4 is 11.3 Å². The van der Waals surface area contributed by atoms with Crippen molar-refractivity contribution in [3.05, 3.63) is 47.2 Å². The van der Waals surface area contributed by atoms with Gasteiger partial charge < -0.3 is 4.74 Å². The van der Waals surface area contributed by atoms with Crippen molar-refractivity contribution in [2.75, 3.05) is 6.61 Å². The highest BCUT2D eigenvalue weighted by molar-refractivity contribution is 5.34. The average Bonchev–Trinajstić information content (AvgIpc) is 2.84. The summed E-state index contributed by atoms with van der Waals surface area (Å²) in [5, 5.41) is 0. The lowest BCUT2D eigenvalue weighted by molar-refractivity contribution is 0.215. The highest BCUT2D eigenvalue weighted by Gasteiger charge is 2.21. The number of nitrogens with two attached hydrogens (primary N) is 1. The standard InChI is InChI=1S/C13H18N2O/c1-2-10-6-3-4-7-11(10)13(15-14)12-8-5-9-16-12/h3-4,6-8,13,15H,2,5,9,14H2,1H3. The van der Waals surface area contributed by atoms with Crippen LogP contribution in [0.15, 0.2) is 36.1 Å². The molecule has 0 radical (unpaired) electrons. The molecule has 0 saturated carbocycles. The van der Waals surface area contributed by atoms with Gasteiger partial charge in [-0.3, -0.25) is 5.84 Å². The van der Waals surface area contributed by atoms with Crippen LogP contribution in [-0.4, -0.2) is 6.61 Å². The van der Waals surface area contributed by atoms with E-state index in [1.165, 1.54) is 11.1 Å². The lowest BCUT2D eigenvalue weighted by Gasteiger charge is -2.20. The average molecular weight is 218 g/mol. The Labute approximate surface area is 96.3 Å². The molecule has 0 bridgehead atoms. The van der Waals surface area contributed by atoms with Crippen molar-refractivity contribution in [3.8, 4) is 0 Å². The van der Waals surface area contributed by atoms with Gasteiger partial charge in [-0.1, -0.05) is 31.2 Å². The molecule has 1 aliphatic heterocycles. The molecule has 0 aromatic heterocycles. The predicted octanol–water partition coefficient (Wildman–Crippen LogP) is 2.06. The normalized spacial score (nSPS) is 16.8. The number of aryl methyl sites for hydroxylation is 1. The van der Waals surface area contributed by atoms with Crippen molar-refractivity contribution in [2.24, 2.45) is 5.84 Å². The van der Waals surface area contributed by atoms with Crippen LogP contribution in [-0.2, 0) is 11.2 Å². The number of hydrazine groups is 1. The van der Waals surface area contributed by atoms with Crippen LogP contribution in [0.5, 0.6) is 0 Å². The number of hydrogen-bond acceptors (Lipinski definition) is 3. The van der Waals surface area contributed by atoms with Crippen molar-refractivity contribution in [1.82, 2.24) is 5.43 Å². The summed E-state index contributed by atoms with van der Waals surface area (Å²) in [5.41, 5.74) is 5.36. The zero-order valence-corrected chi connectivity index (χ0v) is 9.57. The van der Waals surface area contributed by atoms with Crippen molar-refractivity contribution >= 4 is 0 Å². The van der Waals surface area contributed by atoms with E-state index < -0.39 is 0 Å². The molecule has 1 heterocycles. The molecular weight excluding hydrogens is 200 g/mol. The molecule has 3 heteroatoms. The van der Waals surface area contributed by atoms with Gasteiger partial charge in [-0.15, -0.1) is 0 Å². The van der Waals surface area contributed by atoms with Crippen molar-refractivity contribution < 1.29 is 4.74 Å². The zero-order chi connectivity index (χ0) is 11.4. The van der Waals surface area contributed by atoms with Crippen LogP contribution >= 0.6 is 0 Å². The van der Waals surface area contributed by atoms with E-state index in [1.807, 2.05) is 6.07 Å². The summed E-state index contributed by atoms with van der Waals surface area (Å²) in [7, 11) is 0. The lowest BCUT2D eigenvalue weighted by Crippen LogP contribution is -2.30. The van der Waals surface area contributed by atoms with Crippen molar-refractivity contribution in [1.29, 1.82) is 0 Å². The molecule has 1 atom stereocenters. The van der Waals surface area contributed by atoms with Gasteiger partial charge in [-0.2, -0.15) is 0 Å². The summed E-state index contributed by atoms with van der Waals surface area (Å²) in [5.74, 6) is 6.58. The van der Waals surface area contributed by atoms with E-state index in [-0.39, 0.29) is 6.04 Å². The monoisotopic (exact) mass is 218 g/mol. The van der Waals surface area contributed by atoms with Gasteiger partial charge >= 0.3 is 0 Å². The molecule has 0 fully saturated rings. The van der Waals surface area contributed by atoms with Gasteiger partial charge in [-0.25, -0.2) is 5.43 Å². The molecule has 1 aliphatic rings. The fourth-order valence-electron chi connectivity index (χ4n) is 2.10. The second kappa shape index (κ2) is 5.14. The highest BCUT2D eigenvalue weighted by atomic mass is 16.5. The van der Waals surface area contributed by atoms with Crippen molar-refractivity contribution in [3.63, 3.8) is 0 Å². The van der Waals surface area contributed by atoms with E-state index in [2.05, 4.69) is 36.6 Å². The Hall–Kier alpha value is -1.32. The third-order valence-corrected chi connectivity index (χ3v) is 2.93. The molecule has 3 N–H and O–H groups in total. The van der Waals surface area contributed by atoms with Crippen LogP contribution in [0.1, 0.15) is 30.5 Å². The lowest BCUT2D eigenvalue weighted by atomic mass is 9.97. The Morgan fingerprint density at radius 3 is 2.88 bits per heavy atom. The minimum Gasteiger partial charge on any atom is -0.496 e. The molecule has 0 amide bonds. The third kappa shape index (κ3) is 2.10. The predicted molar refractivity (Wildman–Crippen MR) is 64.5 cm³/mol. The first kappa shape index (κ1) is 11.2. The van der Waals surface area contributed by atoms with E-state index in [1.54, 1.807) is 0 Å². The van der Waals surface area contributed by atoms with E-state index >= 15 is 0 Å². The molecule has 16 heavy (non-hydrogen) atoms. The minimum absolute atomic E-state index is 0.0151. The number of hydrogen-bond donors (Lipinski definition) is 2. The molecule has 2 rings (SSSR count). The van der Waals surface area contributed by atoms with Crippen LogP contribution in [0.4, 0.5) is 0 Å². The van der Waals surface area contributed by atoms with Crippen LogP contribution in [0.25, 0.3) is 0 Å². The van der Waals surface area contributed by atoms with Gasteiger partial charge in [0.1, 0.15) is 11.8 Å². The van der Waals surface area contributed by atoms with Gasteiger partial charge in [0.2, 0.25) is 0 Å². The second-order valence-corrected chi connectivity index (χ2v) is 3.90. The number of benzene rings is 1.